The number of aromatic nitrogens is 2. The minimum absolute atomic E-state index is 0.463. The maximum atomic E-state index is 5.62. The van der Waals surface area contributed by atoms with Crippen LogP contribution in [-0.4, -0.2) is 37.3 Å². The van der Waals surface area contributed by atoms with E-state index in [9.17, 15) is 0 Å². The molecule has 6 heteroatoms. The Balaban J connectivity index is 2.60. The standard InChI is InChI=1S/C9H15BrN4O/c1-14(4-3-5-15-2)9-12-7(10)6-8(11)13-9/h6H,3-5H2,1-2H3,(H2,11,12,13). The molecule has 1 rings (SSSR count). The highest BCUT2D eigenvalue weighted by atomic mass is 79.9. The second kappa shape index (κ2) is 5.87. The Morgan fingerprint density at radius 3 is 2.87 bits per heavy atom. The summed E-state index contributed by atoms with van der Waals surface area (Å²) in [5, 5.41) is 0. The zero-order chi connectivity index (χ0) is 11.3. The predicted octanol–water partition coefficient (Wildman–Crippen LogP) is 1.29. The zero-order valence-corrected chi connectivity index (χ0v) is 10.5. The van der Waals surface area contributed by atoms with Gasteiger partial charge in [-0.15, -0.1) is 0 Å². The molecule has 1 heterocycles. The molecule has 0 spiro atoms. The highest BCUT2D eigenvalue weighted by Crippen LogP contribution is 2.14. The first kappa shape index (κ1) is 12.2. The molecule has 1 aromatic heterocycles. The number of methoxy groups -OCH3 is 1. The van der Waals surface area contributed by atoms with E-state index < -0.39 is 0 Å². The van der Waals surface area contributed by atoms with Crippen molar-refractivity contribution in [3.05, 3.63) is 10.7 Å². The van der Waals surface area contributed by atoms with Gasteiger partial charge in [0.15, 0.2) is 0 Å². The average Bonchev–Trinajstić information content (AvgIpc) is 2.16. The number of ether oxygens (including phenoxy) is 1. The van der Waals surface area contributed by atoms with Crippen molar-refractivity contribution < 1.29 is 4.74 Å². The molecule has 5 nitrogen and oxygen atoms in total. The molecule has 0 saturated carbocycles. The Morgan fingerprint density at radius 1 is 1.53 bits per heavy atom. The van der Waals surface area contributed by atoms with Crippen molar-refractivity contribution in [3.63, 3.8) is 0 Å². The minimum Gasteiger partial charge on any atom is -0.385 e. The third kappa shape index (κ3) is 4.01. The van der Waals surface area contributed by atoms with Crippen molar-refractivity contribution >= 4 is 27.7 Å². The fourth-order valence-electron chi connectivity index (χ4n) is 1.14. The quantitative estimate of drug-likeness (QED) is 0.648. The van der Waals surface area contributed by atoms with Gasteiger partial charge in [-0.1, -0.05) is 0 Å². The summed E-state index contributed by atoms with van der Waals surface area (Å²) >= 11 is 3.28. The molecule has 2 N–H and O–H groups in total. The maximum Gasteiger partial charge on any atom is 0.228 e. The van der Waals surface area contributed by atoms with Gasteiger partial charge in [-0.2, -0.15) is 4.98 Å². The molecule has 84 valence electrons. The van der Waals surface area contributed by atoms with Crippen molar-refractivity contribution in [2.24, 2.45) is 0 Å². The second-order valence-electron chi connectivity index (χ2n) is 3.18. The van der Waals surface area contributed by atoms with Gasteiger partial charge in [0.1, 0.15) is 10.4 Å². The predicted molar refractivity (Wildman–Crippen MR) is 63.9 cm³/mol. The number of nitrogens with two attached hydrogens (primary N) is 1. The Labute approximate surface area is 97.8 Å². The second-order valence-corrected chi connectivity index (χ2v) is 4.00. The number of hydrogen-bond donors (Lipinski definition) is 1. The van der Waals surface area contributed by atoms with E-state index in [1.54, 1.807) is 13.2 Å². The van der Waals surface area contributed by atoms with Gasteiger partial charge in [0, 0.05) is 33.4 Å². The summed E-state index contributed by atoms with van der Waals surface area (Å²) in [6.07, 6.45) is 0.933. The van der Waals surface area contributed by atoms with Gasteiger partial charge >= 0.3 is 0 Å². The molecule has 15 heavy (non-hydrogen) atoms. The van der Waals surface area contributed by atoms with E-state index in [2.05, 4.69) is 25.9 Å². The summed E-state index contributed by atoms with van der Waals surface area (Å²) < 4.78 is 5.67. The number of halogens is 1. The van der Waals surface area contributed by atoms with Crippen LogP contribution >= 0.6 is 15.9 Å². The molecular formula is C9H15BrN4O. The van der Waals surface area contributed by atoms with E-state index in [4.69, 9.17) is 10.5 Å². The van der Waals surface area contributed by atoms with E-state index in [0.717, 1.165) is 19.6 Å². The van der Waals surface area contributed by atoms with Crippen LogP contribution in [0.25, 0.3) is 0 Å². The van der Waals surface area contributed by atoms with Crippen LogP contribution in [0.1, 0.15) is 6.42 Å². The monoisotopic (exact) mass is 274 g/mol. The van der Waals surface area contributed by atoms with Crippen LogP contribution in [0.5, 0.6) is 0 Å². The van der Waals surface area contributed by atoms with Gasteiger partial charge < -0.3 is 15.4 Å². The fraction of sp³-hybridized carbons (Fsp3) is 0.556. The SMILES string of the molecule is COCCCN(C)c1nc(N)cc(Br)n1. The minimum atomic E-state index is 0.463. The van der Waals surface area contributed by atoms with Crippen molar-refractivity contribution in [1.29, 1.82) is 0 Å². The van der Waals surface area contributed by atoms with E-state index in [1.807, 2.05) is 11.9 Å². The number of nitrogens with zero attached hydrogens (tertiary/aromatic N) is 3. The van der Waals surface area contributed by atoms with Crippen molar-refractivity contribution in [3.8, 4) is 0 Å². The number of nitrogen functional groups attached to an aromatic ring is 1. The summed E-state index contributed by atoms with van der Waals surface area (Å²) in [7, 11) is 3.62. The summed E-state index contributed by atoms with van der Waals surface area (Å²) in [6, 6.07) is 1.67. The Morgan fingerprint density at radius 2 is 2.27 bits per heavy atom. The lowest BCUT2D eigenvalue weighted by Crippen LogP contribution is -2.22. The normalized spacial score (nSPS) is 10.3. The number of anilines is 2. The summed E-state index contributed by atoms with van der Waals surface area (Å²) in [5.41, 5.74) is 5.62. The zero-order valence-electron chi connectivity index (χ0n) is 8.90. The van der Waals surface area contributed by atoms with Gasteiger partial charge in [0.05, 0.1) is 0 Å². The van der Waals surface area contributed by atoms with E-state index in [0.29, 0.717) is 16.4 Å². The molecule has 0 amide bonds. The lowest BCUT2D eigenvalue weighted by atomic mass is 10.4. The summed E-state index contributed by atoms with van der Waals surface area (Å²) in [4.78, 5) is 10.3. The van der Waals surface area contributed by atoms with Gasteiger partial charge in [-0.3, -0.25) is 0 Å². The molecule has 0 aromatic carbocycles. The topological polar surface area (TPSA) is 64.3 Å². The molecule has 0 unspecified atom stereocenters. The van der Waals surface area contributed by atoms with E-state index >= 15 is 0 Å². The lowest BCUT2D eigenvalue weighted by Gasteiger charge is -2.16. The molecule has 0 aliphatic heterocycles. The summed E-state index contributed by atoms with van der Waals surface area (Å²) in [6.45, 7) is 1.57. The first-order valence-electron chi connectivity index (χ1n) is 4.63. The smallest absolute Gasteiger partial charge is 0.228 e. The molecule has 0 bridgehead atoms. The van der Waals surface area contributed by atoms with Crippen LogP contribution in [0, 0.1) is 0 Å². The maximum absolute atomic E-state index is 5.62. The molecular weight excluding hydrogens is 260 g/mol. The summed E-state index contributed by atoms with van der Waals surface area (Å²) in [5.74, 6) is 1.09. The van der Waals surface area contributed by atoms with Gasteiger partial charge in [0.25, 0.3) is 0 Å². The van der Waals surface area contributed by atoms with Crippen LogP contribution in [0.2, 0.25) is 0 Å². The van der Waals surface area contributed by atoms with Crippen LogP contribution in [0.15, 0.2) is 10.7 Å². The largest absolute Gasteiger partial charge is 0.385 e. The molecule has 1 aromatic rings. The molecule has 0 atom stereocenters. The van der Waals surface area contributed by atoms with E-state index in [-0.39, 0.29) is 0 Å². The third-order valence-electron chi connectivity index (χ3n) is 1.89. The van der Waals surface area contributed by atoms with Crippen LogP contribution in [0.4, 0.5) is 11.8 Å². The van der Waals surface area contributed by atoms with Crippen molar-refractivity contribution in [2.75, 3.05) is 37.9 Å². The average molecular weight is 275 g/mol. The van der Waals surface area contributed by atoms with E-state index in [1.165, 1.54) is 0 Å². The van der Waals surface area contributed by atoms with Crippen molar-refractivity contribution in [1.82, 2.24) is 9.97 Å². The third-order valence-corrected chi connectivity index (χ3v) is 2.29. The molecule has 0 saturated heterocycles. The number of rotatable bonds is 5. The van der Waals surface area contributed by atoms with Crippen LogP contribution in [-0.2, 0) is 4.74 Å². The molecule has 0 radical (unpaired) electrons. The first-order chi connectivity index (χ1) is 7.13. The fourth-order valence-corrected chi connectivity index (χ4v) is 1.53. The van der Waals surface area contributed by atoms with Crippen LogP contribution < -0.4 is 10.6 Å². The van der Waals surface area contributed by atoms with Crippen molar-refractivity contribution in [2.45, 2.75) is 6.42 Å². The Bertz CT molecular complexity index is 301. The highest BCUT2D eigenvalue weighted by Gasteiger charge is 2.05. The van der Waals surface area contributed by atoms with Gasteiger partial charge in [-0.25, -0.2) is 4.98 Å². The van der Waals surface area contributed by atoms with Crippen LogP contribution in [0.3, 0.4) is 0 Å². The highest BCUT2D eigenvalue weighted by molar-refractivity contribution is 9.10. The molecule has 0 aliphatic rings. The Kier molecular flexibility index (Phi) is 4.77. The van der Waals surface area contributed by atoms with Gasteiger partial charge in [-0.05, 0) is 22.4 Å². The lowest BCUT2D eigenvalue weighted by molar-refractivity contribution is 0.196. The number of hydrogen-bond acceptors (Lipinski definition) is 5. The Hall–Kier alpha value is -0.880. The molecule has 0 aliphatic carbocycles. The molecule has 0 fully saturated rings. The first-order valence-corrected chi connectivity index (χ1v) is 5.43. The van der Waals surface area contributed by atoms with Gasteiger partial charge in [0.2, 0.25) is 5.95 Å².